The number of likely N-dealkylation sites (tertiary alicyclic amines) is 1. The predicted molar refractivity (Wildman–Crippen MR) is 74.4 cm³/mol. The van der Waals surface area contributed by atoms with Gasteiger partial charge in [0.1, 0.15) is 0 Å². The lowest BCUT2D eigenvalue weighted by atomic mass is 9.89. The zero-order chi connectivity index (χ0) is 13.0. The van der Waals surface area contributed by atoms with Crippen LogP contribution in [0.2, 0.25) is 0 Å². The molecule has 1 saturated carbocycles. The smallest absolute Gasteiger partial charge is 0.222 e. The highest BCUT2D eigenvalue weighted by Gasteiger charge is 2.32. The van der Waals surface area contributed by atoms with Crippen molar-refractivity contribution >= 4 is 5.91 Å². The zero-order valence-corrected chi connectivity index (χ0v) is 12.0. The second-order valence-electron chi connectivity index (χ2n) is 6.00. The summed E-state index contributed by atoms with van der Waals surface area (Å²) in [5.74, 6) is 1.77. The quantitative estimate of drug-likeness (QED) is 0.787. The van der Waals surface area contributed by atoms with Crippen molar-refractivity contribution in [3.05, 3.63) is 0 Å². The number of rotatable bonds is 6. The molecule has 2 atom stereocenters. The minimum atomic E-state index is 0.407. The first kappa shape index (κ1) is 13.9. The van der Waals surface area contributed by atoms with Crippen LogP contribution < -0.4 is 5.32 Å². The minimum Gasteiger partial charge on any atom is -0.342 e. The Morgan fingerprint density at radius 1 is 1.28 bits per heavy atom. The topological polar surface area (TPSA) is 32.3 Å². The lowest BCUT2D eigenvalue weighted by Crippen LogP contribution is -2.51. The van der Waals surface area contributed by atoms with Gasteiger partial charge in [-0.1, -0.05) is 20.3 Å². The second kappa shape index (κ2) is 6.55. The Kier molecular flexibility index (Phi) is 5.04. The van der Waals surface area contributed by atoms with Gasteiger partial charge in [-0.3, -0.25) is 4.79 Å². The third kappa shape index (κ3) is 3.71. The van der Waals surface area contributed by atoms with E-state index in [0.717, 1.165) is 32.5 Å². The molecule has 1 N–H and O–H groups in total. The highest BCUT2D eigenvalue weighted by atomic mass is 16.2. The maximum absolute atomic E-state index is 12.1. The molecule has 3 heteroatoms. The van der Waals surface area contributed by atoms with E-state index in [9.17, 15) is 4.79 Å². The summed E-state index contributed by atoms with van der Waals surface area (Å²) in [6, 6.07) is 0.625. The molecule has 2 rings (SSSR count). The molecule has 0 aromatic heterocycles. The standard InChI is InChI=1S/C15H28N2O/c1-3-8-16-14-7-9-17(11-13(14)4-2)15(18)10-12-5-6-12/h12-14,16H,3-11H2,1-2H3. The fraction of sp³-hybridized carbons (Fsp3) is 0.933. The summed E-state index contributed by atoms with van der Waals surface area (Å²) in [4.78, 5) is 14.3. The zero-order valence-electron chi connectivity index (χ0n) is 12.0. The Bertz CT molecular complexity index is 276. The van der Waals surface area contributed by atoms with Gasteiger partial charge in [0.25, 0.3) is 0 Å². The van der Waals surface area contributed by atoms with Gasteiger partial charge in [0.05, 0.1) is 0 Å². The highest BCUT2D eigenvalue weighted by molar-refractivity contribution is 5.76. The van der Waals surface area contributed by atoms with Gasteiger partial charge in [0, 0.05) is 25.6 Å². The number of carbonyl (C=O) groups is 1. The van der Waals surface area contributed by atoms with Crippen LogP contribution in [0.15, 0.2) is 0 Å². The molecule has 2 aliphatic rings. The van der Waals surface area contributed by atoms with Gasteiger partial charge in [-0.2, -0.15) is 0 Å². The van der Waals surface area contributed by atoms with Crippen molar-refractivity contribution in [2.75, 3.05) is 19.6 Å². The first-order valence-corrected chi connectivity index (χ1v) is 7.75. The molecule has 3 nitrogen and oxygen atoms in total. The molecule has 1 saturated heterocycles. The first-order chi connectivity index (χ1) is 8.74. The van der Waals surface area contributed by atoms with Crippen molar-refractivity contribution in [1.82, 2.24) is 10.2 Å². The number of nitrogens with zero attached hydrogens (tertiary/aromatic N) is 1. The van der Waals surface area contributed by atoms with E-state index in [1.54, 1.807) is 0 Å². The lowest BCUT2D eigenvalue weighted by molar-refractivity contribution is -0.133. The molecule has 18 heavy (non-hydrogen) atoms. The molecule has 1 aliphatic carbocycles. The Morgan fingerprint density at radius 2 is 2.06 bits per heavy atom. The van der Waals surface area contributed by atoms with Crippen LogP contribution in [-0.2, 0) is 4.79 Å². The third-order valence-corrected chi connectivity index (χ3v) is 4.43. The van der Waals surface area contributed by atoms with Gasteiger partial charge in [-0.05, 0) is 44.1 Å². The summed E-state index contributed by atoms with van der Waals surface area (Å²) in [5, 5.41) is 3.65. The van der Waals surface area contributed by atoms with E-state index in [0.29, 0.717) is 23.8 Å². The largest absolute Gasteiger partial charge is 0.342 e. The molecule has 0 aromatic rings. The summed E-state index contributed by atoms with van der Waals surface area (Å²) < 4.78 is 0. The molecule has 1 heterocycles. The van der Waals surface area contributed by atoms with Crippen molar-refractivity contribution in [3.8, 4) is 0 Å². The van der Waals surface area contributed by atoms with Crippen LogP contribution in [-0.4, -0.2) is 36.5 Å². The Hall–Kier alpha value is -0.570. The summed E-state index contributed by atoms with van der Waals surface area (Å²) >= 11 is 0. The molecule has 0 spiro atoms. The third-order valence-electron chi connectivity index (χ3n) is 4.43. The first-order valence-electron chi connectivity index (χ1n) is 7.75. The van der Waals surface area contributed by atoms with E-state index >= 15 is 0 Å². The predicted octanol–water partition coefficient (Wildman–Crippen LogP) is 2.41. The number of hydrogen-bond donors (Lipinski definition) is 1. The van der Waals surface area contributed by atoms with Crippen molar-refractivity contribution < 1.29 is 4.79 Å². The minimum absolute atomic E-state index is 0.407. The number of nitrogens with one attached hydrogen (secondary N) is 1. The van der Waals surface area contributed by atoms with Gasteiger partial charge in [0.15, 0.2) is 0 Å². The summed E-state index contributed by atoms with van der Waals surface area (Å²) in [5.41, 5.74) is 0. The second-order valence-corrected chi connectivity index (χ2v) is 6.00. The molecule has 0 bridgehead atoms. The van der Waals surface area contributed by atoms with E-state index in [2.05, 4.69) is 24.1 Å². The maximum Gasteiger partial charge on any atom is 0.222 e. The van der Waals surface area contributed by atoms with Gasteiger partial charge in [0.2, 0.25) is 5.91 Å². The normalized spacial score (nSPS) is 28.4. The molecule has 0 radical (unpaired) electrons. The van der Waals surface area contributed by atoms with E-state index < -0.39 is 0 Å². The molecule has 0 aromatic carbocycles. The number of hydrogen-bond acceptors (Lipinski definition) is 2. The van der Waals surface area contributed by atoms with Crippen molar-refractivity contribution in [2.24, 2.45) is 11.8 Å². The maximum atomic E-state index is 12.1. The van der Waals surface area contributed by atoms with Gasteiger partial charge >= 0.3 is 0 Å². The average Bonchev–Trinajstić information content (AvgIpc) is 3.19. The molecule has 104 valence electrons. The van der Waals surface area contributed by atoms with Crippen LogP contribution in [0.4, 0.5) is 0 Å². The van der Waals surface area contributed by atoms with Crippen molar-refractivity contribution in [3.63, 3.8) is 0 Å². The van der Waals surface area contributed by atoms with Crippen molar-refractivity contribution in [2.45, 2.75) is 58.4 Å². The van der Waals surface area contributed by atoms with Crippen LogP contribution in [0.25, 0.3) is 0 Å². The van der Waals surface area contributed by atoms with Gasteiger partial charge in [-0.15, -0.1) is 0 Å². The van der Waals surface area contributed by atoms with Crippen molar-refractivity contribution in [1.29, 1.82) is 0 Å². The number of carbonyl (C=O) groups excluding carboxylic acids is 1. The molecule has 1 amide bonds. The Balaban J connectivity index is 1.80. The fourth-order valence-electron chi connectivity index (χ4n) is 2.97. The number of amides is 1. The lowest BCUT2D eigenvalue weighted by Gasteiger charge is -2.39. The average molecular weight is 252 g/mol. The van der Waals surface area contributed by atoms with Gasteiger partial charge < -0.3 is 10.2 Å². The van der Waals surface area contributed by atoms with Crippen LogP contribution >= 0.6 is 0 Å². The SMILES string of the molecule is CCCNC1CCN(C(=O)CC2CC2)CC1CC. The highest BCUT2D eigenvalue weighted by Crippen LogP contribution is 2.33. The van der Waals surface area contributed by atoms with Gasteiger partial charge in [-0.25, -0.2) is 0 Å². The van der Waals surface area contributed by atoms with Crippen LogP contribution in [0.3, 0.4) is 0 Å². The van der Waals surface area contributed by atoms with Crippen LogP contribution in [0.1, 0.15) is 52.4 Å². The van der Waals surface area contributed by atoms with Crippen LogP contribution in [0, 0.1) is 11.8 Å². The summed E-state index contributed by atoms with van der Waals surface area (Å²) in [6.07, 6.45) is 6.86. The van der Waals surface area contributed by atoms with E-state index in [1.807, 2.05) is 0 Å². The monoisotopic (exact) mass is 252 g/mol. The van der Waals surface area contributed by atoms with Crippen LogP contribution in [0.5, 0.6) is 0 Å². The summed E-state index contributed by atoms with van der Waals surface area (Å²) in [7, 11) is 0. The fourth-order valence-corrected chi connectivity index (χ4v) is 2.97. The van der Waals surface area contributed by atoms with E-state index in [4.69, 9.17) is 0 Å². The van der Waals surface area contributed by atoms with E-state index in [1.165, 1.54) is 25.7 Å². The molecule has 1 aliphatic heterocycles. The number of piperidine rings is 1. The molecular weight excluding hydrogens is 224 g/mol. The Labute approximate surface area is 111 Å². The summed E-state index contributed by atoms with van der Waals surface area (Å²) in [6.45, 7) is 7.51. The van der Waals surface area contributed by atoms with E-state index in [-0.39, 0.29) is 0 Å². The molecule has 2 unspecified atom stereocenters. The molecular formula is C15H28N2O. The Morgan fingerprint density at radius 3 is 2.67 bits per heavy atom. The molecule has 2 fully saturated rings.